The Morgan fingerprint density at radius 2 is 2.05 bits per heavy atom. The number of aliphatic imine (C=N–C) groups is 2. The number of rotatable bonds is 3. The molecule has 0 unspecified atom stereocenters. The molecule has 0 bridgehead atoms. The summed E-state index contributed by atoms with van der Waals surface area (Å²) in [4.78, 5) is 8.89. The predicted octanol–water partition coefficient (Wildman–Crippen LogP) is 4.54. The second-order valence-corrected chi connectivity index (χ2v) is 5.00. The lowest BCUT2D eigenvalue weighted by atomic mass is 10.1. The van der Waals surface area contributed by atoms with Gasteiger partial charge in [0.15, 0.2) is 0 Å². The van der Waals surface area contributed by atoms with E-state index in [2.05, 4.69) is 9.98 Å². The molecule has 0 amide bonds. The van der Waals surface area contributed by atoms with Crippen LogP contribution in [0.4, 0.5) is 5.69 Å². The molecule has 0 radical (unpaired) electrons. The topological polar surface area (TPSA) is 34.0 Å². The molecule has 0 atom stereocenters. The van der Waals surface area contributed by atoms with Gasteiger partial charge in [-0.05, 0) is 51.0 Å². The quantitative estimate of drug-likeness (QED) is 0.589. The number of hydrogen-bond acceptors (Lipinski definition) is 3. The number of benzene rings is 1. The fourth-order valence-corrected chi connectivity index (χ4v) is 1.80. The largest absolute Gasteiger partial charge is 0.474 e. The molecule has 0 aliphatic carbocycles. The summed E-state index contributed by atoms with van der Waals surface area (Å²) >= 11 is 5.87. The van der Waals surface area contributed by atoms with Gasteiger partial charge < -0.3 is 4.74 Å². The van der Waals surface area contributed by atoms with Gasteiger partial charge in [0.25, 0.3) is 0 Å². The summed E-state index contributed by atoms with van der Waals surface area (Å²) in [5.74, 6) is 0.599. The minimum absolute atomic E-state index is 0.0691. The monoisotopic (exact) mass is 276 g/mol. The van der Waals surface area contributed by atoms with Crippen LogP contribution in [0.2, 0.25) is 5.02 Å². The van der Waals surface area contributed by atoms with Crippen LogP contribution in [0, 0.1) is 0 Å². The zero-order valence-electron chi connectivity index (χ0n) is 11.1. The third-order valence-electron chi connectivity index (χ3n) is 2.54. The number of allylic oxidation sites excluding steroid dienone is 1. The Bertz CT molecular complexity index is 515. The first kappa shape index (κ1) is 13.8. The molecule has 1 aromatic carbocycles. The maximum absolute atomic E-state index is 5.87. The van der Waals surface area contributed by atoms with Crippen molar-refractivity contribution in [3.63, 3.8) is 0 Å². The smallest absolute Gasteiger partial charge is 0.236 e. The summed E-state index contributed by atoms with van der Waals surface area (Å²) in [5, 5.41) is 0.697. The Kier molecular flexibility index (Phi) is 4.74. The molecule has 1 aromatic rings. The number of halogens is 1. The summed E-state index contributed by atoms with van der Waals surface area (Å²) in [5.41, 5.74) is 1.71. The maximum atomic E-state index is 5.87. The van der Waals surface area contributed by atoms with Gasteiger partial charge in [-0.25, -0.2) is 4.99 Å². The second kappa shape index (κ2) is 6.53. The highest BCUT2D eigenvalue weighted by molar-refractivity contribution is 6.39. The van der Waals surface area contributed by atoms with E-state index in [-0.39, 0.29) is 6.10 Å². The van der Waals surface area contributed by atoms with Crippen molar-refractivity contribution in [2.45, 2.75) is 32.8 Å². The van der Waals surface area contributed by atoms with E-state index in [0.29, 0.717) is 10.9 Å². The summed E-state index contributed by atoms with van der Waals surface area (Å²) in [6.07, 6.45) is 5.74. The highest BCUT2D eigenvalue weighted by Gasteiger charge is 2.13. The zero-order chi connectivity index (χ0) is 13.7. The van der Waals surface area contributed by atoms with E-state index in [0.717, 1.165) is 24.2 Å². The van der Waals surface area contributed by atoms with Gasteiger partial charge in [0.2, 0.25) is 5.90 Å². The number of nitrogens with zero attached hydrogens (tertiary/aromatic N) is 2. The van der Waals surface area contributed by atoms with Crippen LogP contribution in [0.3, 0.4) is 0 Å². The summed E-state index contributed by atoms with van der Waals surface area (Å²) in [6.45, 7) is 3.97. The first-order chi connectivity index (χ1) is 9.15. The fraction of sp³-hybridized carbons (Fsp3) is 0.333. The van der Waals surface area contributed by atoms with E-state index in [1.807, 2.05) is 44.2 Å². The minimum atomic E-state index is 0.0691. The van der Waals surface area contributed by atoms with Crippen LogP contribution in [0.5, 0.6) is 0 Å². The van der Waals surface area contributed by atoms with E-state index in [9.17, 15) is 0 Å². The Hall–Kier alpha value is -1.61. The van der Waals surface area contributed by atoms with E-state index in [1.165, 1.54) is 0 Å². The summed E-state index contributed by atoms with van der Waals surface area (Å²) < 4.78 is 5.78. The first-order valence-corrected chi connectivity index (χ1v) is 6.76. The van der Waals surface area contributed by atoms with Crippen molar-refractivity contribution in [3.05, 3.63) is 41.6 Å². The van der Waals surface area contributed by atoms with Crippen molar-refractivity contribution in [1.82, 2.24) is 0 Å². The van der Waals surface area contributed by atoms with Gasteiger partial charge in [-0.3, -0.25) is 4.99 Å². The van der Waals surface area contributed by atoms with E-state index < -0.39 is 0 Å². The van der Waals surface area contributed by atoms with Crippen LogP contribution in [0.25, 0.3) is 0 Å². The average Bonchev–Trinajstić information content (AvgIpc) is 2.41. The zero-order valence-corrected chi connectivity index (χ0v) is 11.9. The molecule has 0 spiro atoms. The molecule has 0 N–H and O–H groups in total. The summed E-state index contributed by atoms with van der Waals surface area (Å²) in [6, 6.07) is 7.36. The van der Waals surface area contributed by atoms with Crippen LogP contribution in [0.15, 0.2) is 46.5 Å². The molecular weight excluding hydrogens is 260 g/mol. The van der Waals surface area contributed by atoms with Crippen LogP contribution < -0.4 is 0 Å². The lowest BCUT2D eigenvalue weighted by molar-refractivity contribution is 0.233. The van der Waals surface area contributed by atoms with Crippen LogP contribution >= 0.6 is 11.6 Å². The molecule has 4 heteroatoms. The van der Waals surface area contributed by atoms with Gasteiger partial charge >= 0.3 is 0 Å². The van der Waals surface area contributed by atoms with Gasteiger partial charge in [0.1, 0.15) is 5.71 Å². The highest BCUT2D eigenvalue weighted by atomic mass is 35.5. The standard InChI is InChI=1S/C15H17ClN2O/c1-11(2)19-15(14-5-3-4-10-17-14)18-13-8-6-12(16)7-9-13/h4,6-11H,3,5H2,1-2H3. The van der Waals surface area contributed by atoms with Crippen molar-refractivity contribution in [2.24, 2.45) is 9.98 Å². The van der Waals surface area contributed by atoms with E-state index in [4.69, 9.17) is 16.3 Å². The van der Waals surface area contributed by atoms with Gasteiger partial charge in [0, 0.05) is 11.2 Å². The van der Waals surface area contributed by atoms with Crippen LogP contribution in [0.1, 0.15) is 26.7 Å². The van der Waals surface area contributed by atoms with Crippen molar-refractivity contribution in [2.75, 3.05) is 0 Å². The van der Waals surface area contributed by atoms with Crippen molar-refractivity contribution < 1.29 is 4.74 Å². The molecule has 3 nitrogen and oxygen atoms in total. The Balaban J connectivity index is 2.28. The van der Waals surface area contributed by atoms with Gasteiger partial charge in [-0.1, -0.05) is 17.7 Å². The van der Waals surface area contributed by atoms with Crippen molar-refractivity contribution >= 4 is 28.9 Å². The van der Waals surface area contributed by atoms with Crippen molar-refractivity contribution in [3.8, 4) is 0 Å². The third-order valence-corrected chi connectivity index (χ3v) is 2.79. The molecular formula is C15H17ClN2O. The first-order valence-electron chi connectivity index (χ1n) is 6.38. The maximum Gasteiger partial charge on any atom is 0.236 e. The molecule has 0 saturated carbocycles. The molecule has 2 rings (SSSR count). The second-order valence-electron chi connectivity index (χ2n) is 4.56. The Morgan fingerprint density at radius 3 is 2.63 bits per heavy atom. The van der Waals surface area contributed by atoms with Gasteiger partial charge in [-0.2, -0.15) is 0 Å². The SMILES string of the molecule is CC(C)OC(=Nc1ccc(Cl)cc1)C1=NC=CCC1. The lowest BCUT2D eigenvalue weighted by Gasteiger charge is -2.15. The molecule has 0 aromatic heterocycles. The minimum Gasteiger partial charge on any atom is -0.474 e. The lowest BCUT2D eigenvalue weighted by Crippen LogP contribution is -2.22. The molecule has 1 heterocycles. The van der Waals surface area contributed by atoms with Crippen LogP contribution in [-0.2, 0) is 4.74 Å². The molecule has 0 fully saturated rings. The average molecular weight is 277 g/mol. The third kappa shape index (κ3) is 4.21. The van der Waals surface area contributed by atoms with Crippen LogP contribution in [-0.4, -0.2) is 17.7 Å². The number of hydrogen-bond donors (Lipinski definition) is 0. The molecule has 19 heavy (non-hydrogen) atoms. The van der Waals surface area contributed by atoms with Gasteiger partial charge in [0.05, 0.1) is 11.8 Å². The Morgan fingerprint density at radius 1 is 1.32 bits per heavy atom. The van der Waals surface area contributed by atoms with E-state index >= 15 is 0 Å². The molecule has 0 saturated heterocycles. The highest BCUT2D eigenvalue weighted by Crippen LogP contribution is 2.18. The van der Waals surface area contributed by atoms with Gasteiger partial charge in [-0.15, -0.1) is 0 Å². The normalized spacial score (nSPS) is 15.6. The molecule has 1 aliphatic rings. The summed E-state index contributed by atoms with van der Waals surface area (Å²) in [7, 11) is 0. The molecule has 100 valence electrons. The fourth-order valence-electron chi connectivity index (χ4n) is 1.68. The molecule has 1 aliphatic heterocycles. The number of ether oxygens (including phenoxy) is 1. The Labute approximate surface area is 118 Å². The predicted molar refractivity (Wildman–Crippen MR) is 80.6 cm³/mol. The van der Waals surface area contributed by atoms with E-state index in [1.54, 1.807) is 6.20 Å². The van der Waals surface area contributed by atoms with Crippen molar-refractivity contribution in [1.29, 1.82) is 0 Å².